The molecule has 1 aliphatic carbocycles. The summed E-state index contributed by atoms with van der Waals surface area (Å²) >= 11 is 0. The van der Waals surface area contributed by atoms with E-state index in [-0.39, 0.29) is 5.92 Å². The van der Waals surface area contributed by atoms with Crippen LogP contribution >= 0.6 is 0 Å². The zero-order valence-corrected chi connectivity index (χ0v) is 5.12. The number of nitrogens with one attached hydrogen (secondary N) is 1. The molecule has 0 aliphatic heterocycles. The Balaban J connectivity index is 2.46. The van der Waals surface area contributed by atoms with Gasteiger partial charge >= 0.3 is 0 Å². The van der Waals surface area contributed by atoms with Crippen LogP contribution in [0.4, 0.5) is 0 Å². The van der Waals surface area contributed by atoms with Crippen LogP contribution in [0.25, 0.3) is 5.73 Å². The molecule has 2 nitrogen and oxygen atoms in total. The summed E-state index contributed by atoms with van der Waals surface area (Å²) in [6.45, 7) is 0. The molecule has 0 heterocycles. The highest BCUT2D eigenvalue weighted by molar-refractivity contribution is 5.12. The van der Waals surface area contributed by atoms with Gasteiger partial charge in [0, 0.05) is 0 Å². The van der Waals surface area contributed by atoms with Crippen LogP contribution in [0.2, 0.25) is 0 Å². The Morgan fingerprint density at radius 1 is 1.56 bits per heavy atom. The highest BCUT2D eigenvalue weighted by Crippen LogP contribution is 2.15. The third-order valence-electron chi connectivity index (χ3n) is 1.42. The Hall–Kier alpha value is -0.600. The van der Waals surface area contributed by atoms with Crippen molar-refractivity contribution in [2.75, 3.05) is 0 Å². The molecule has 2 unspecified atom stereocenters. The normalized spacial score (nSPS) is 28.4. The minimum Gasteiger partial charge on any atom is -0.651 e. The lowest BCUT2D eigenvalue weighted by Crippen LogP contribution is -2.13. The molecule has 0 aromatic rings. The number of aliphatic hydroxyl groups excluding tert-OH is 1. The molecule has 2 N–H and O–H groups in total. The van der Waals surface area contributed by atoms with Crippen LogP contribution in [0.5, 0.6) is 0 Å². The Morgan fingerprint density at radius 3 is 2.67 bits per heavy atom. The van der Waals surface area contributed by atoms with Crippen LogP contribution in [0.1, 0.15) is 6.42 Å². The van der Waals surface area contributed by atoms with Crippen LogP contribution in [-0.2, 0) is 0 Å². The first-order valence-electron chi connectivity index (χ1n) is 3.03. The molecular weight excluding hydrogens is 114 g/mol. The van der Waals surface area contributed by atoms with Crippen LogP contribution in [0, 0.1) is 5.92 Å². The summed E-state index contributed by atoms with van der Waals surface area (Å²) in [5, 5.41) is 8.76. The van der Waals surface area contributed by atoms with Crippen molar-refractivity contribution in [3.05, 3.63) is 30.0 Å². The first-order chi connectivity index (χ1) is 4.30. The van der Waals surface area contributed by atoms with E-state index >= 15 is 0 Å². The fourth-order valence-electron chi connectivity index (χ4n) is 0.834. The topological polar surface area (TPSA) is 44.0 Å². The second kappa shape index (κ2) is 2.80. The van der Waals surface area contributed by atoms with Gasteiger partial charge in [-0.25, -0.2) is 0 Å². The number of allylic oxidation sites excluding steroid dienone is 3. The molecule has 0 fully saturated rings. The van der Waals surface area contributed by atoms with Crippen molar-refractivity contribution in [3.8, 4) is 0 Å². The Morgan fingerprint density at radius 2 is 2.33 bits per heavy atom. The summed E-state index contributed by atoms with van der Waals surface area (Å²) in [6, 6.07) is 0. The van der Waals surface area contributed by atoms with E-state index in [1.54, 1.807) is 0 Å². The van der Waals surface area contributed by atoms with E-state index in [1.165, 1.54) is 0 Å². The lowest BCUT2D eigenvalue weighted by atomic mass is 10.00. The molecule has 0 saturated heterocycles. The zero-order valence-electron chi connectivity index (χ0n) is 5.12. The molecular formula is C7H10NO-. The minimum atomic E-state index is -0.953. The van der Waals surface area contributed by atoms with E-state index in [0.717, 1.165) is 6.42 Å². The van der Waals surface area contributed by atoms with Gasteiger partial charge in [-0.3, -0.25) is 0 Å². The summed E-state index contributed by atoms with van der Waals surface area (Å²) in [4.78, 5) is 0. The highest BCUT2D eigenvalue weighted by atomic mass is 16.3. The molecule has 0 spiro atoms. The Labute approximate surface area is 54.7 Å². The smallest absolute Gasteiger partial charge is 0.0128 e. The standard InChI is InChI=1S/C7H10NO/c8-7(9)6-4-2-1-3-5-6/h1-4,6-9H,5H2/q-1. The Kier molecular flexibility index (Phi) is 2.03. The van der Waals surface area contributed by atoms with Crippen LogP contribution in [-0.4, -0.2) is 11.3 Å². The van der Waals surface area contributed by atoms with E-state index in [2.05, 4.69) is 0 Å². The maximum atomic E-state index is 8.76. The van der Waals surface area contributed by atoms with Gasteiger partial charge < -0.3 is 10.8 Å². The van der Waals surface area contributed by atoms with Crippen molar-refractivity contribution >= 4 is 0 Å². The summed E-state index contributed by atoms with van der Waals surface area (Å²) < 4.78 is 0. The average Bonchev–Trinajstić information content (AvgIpc) is 1.90. The molecule has 0 aromatic heterocycles. The summed E-state index contributed by atoms with van der Waals surface area (Å²) in [6.07, 6.45) is 7.46. The van der Waals surface area contributed by atoms with Crippen molar-refractivity contribution < 1.29 is 5.11 Å². The largest absolute Gasteiger partial charge is 0.651 e. The lowest BCUT2D eigenvalue weighted by molar-refractivity contribution is 0.177. The molecule has 0 bridgehead atoms. The molecule has 9 heavy (non-hydrogen) atoms. The van der Waals surface area contributed by atoms with Gasteiger partial charge in [-0.05, 0) is 18.6 Å². The van der Waals surface area contributed by atoms with Gasteiger partial charge in [-0.2, -0.15) is 0 Å². The number of rotatable bonds is 1. The van der Waals surface area contributed by atoms with E-state index in [1.807, 2.05) is 24.3 Å². The molecule has 50 valence electrons. The molecule has 2 atom stereocenters. The quantitative estimate of drug-likeness (QED) is 0.565. The predicted molar refractivity (Wildman–Crippen MR) is 36.7 cm³/mol. The summed E-state index contributed by atoms with van der Waals surface area (Å²) in [5.41, 5.74) is 6.94. The molecule has 0 aromatic carbocycles. The van der Waals surface area contributed by atoms with Crippen molar-refractivity contribution in [1.29, 1.82) is 0 Å². The lowest BCUT2D eigenvalue weighted by Gasteiger charge is -2.22. The highest BCUT2D eigenvalue weighted by Gasteiger charge is 2.04. The zero-order chi connectivity index (χ0) is 6.69. The minimum absolute atomic E-state index is 0.00926. The van der Waals surface area contributed by atoms with Gasteiger partial charge in [0.15, 0.2) is 0 Å². The SMILES string of the molecule is [NH-]C(O)C1C=CC=CC1. The summed E-state index contributed by atoms with van der Waals surface area (Å²) in [7, 11) is 0. The van der Waals surface area contributed by atoms with Crippen molar-refractivity contribution in [2.45, 2.75) is 12.6 Å². The van der Waals surface area contributed by atoms with E-state index in [9.17, 15) is 0 Å². The number of hydrogen-bond donors (Lipinski definition) is 1. The van der Waals surface area contributed by atoms with Crippen molar-refractivity contribution in [1.82, 2.24) is 0 Å². The van der Waals surface area contributed by atoms with Crippen molar-refractivity contribution in [2.24, 2.45) is 5.92 Å². The Bertz CT molecular complexity index is 138. The van der Waals surface area contributed by atoms with Crippen LogP contribution < -0.4 is 0 Å². The second-order valence-corrected chi connectivity index (χ2v) is 2.16. The average molecular weight is 124 g/mol. The molecule has 1 rings (SSSR count). The van der Waals surface area contributed by atoms with Gasteiger partial charge in [0.1, 0.15) is 0 Å². The van der Waals surface area contributed by atoms with Gasteiger partial charge in [-0.1, -0.05) is 24.3 Å². The molecule has 2 heteroatoms. The van der Waals surface area contributed by atoms with E-state index in [4.69, 9.17) is 10.8 Å². The fraction of sp³-hybridized carbons (Fsp3) is 0.429. The fourth-order valence-corrected chi connectivity index (χ4v) is 0.834. The van der Waals surface area contributed by atoms with Gasteiger partial charge in [0.05, 0.1) is 0 Å². The second-order valence-electron chi connectivity index (χ2n) is 2.16. The van der Waals surface area contributed by atoms with Crippen molar-refractivity contribution in [3.63, 3.8) is 0 Å². The maximum Gasteiger partial charge on any atom is -0.0128 e. The van der Waals surface area contributed by atoms with Gasteiger partial charge in [-0.15, -0.1) is 0 Å². The third kappa shape index (κ3) is 1.66. The van der Waals surface area contributed by atoms with Crippen LogP contribution in [0.15, 0.2) is 24.3 Å². The first-order valence-corrected chi connectivity index (χ1v) is 3.03. The van der Waals surface area contributed by atoms with Gasteiger partial charge in [0.2, 0.25) is 0 Å². The maximum absolute atomic E-state index is 8.76. The molecule has 1 aliphatic rings. The van der Waals surface area contributed by atoms with Crippen LogP contribution in [0.3, 0.4) is 0 Å². The first kappa shape index (κ1) is 6.52. The predicted octanol–water partition coefficient (Wildman–Crippen LogP) is 1.49. The number of aliphatic hydroxyl groups is 1. The summed E-state index contributed by atoms with van der Waals surface area (Å²) in [5.74, 6) is 0.00926. The van der Waals surface area contributed by atoms with E-state index < -0.39 is 6.23 Å². The third-order valence-corrected chi connectivity index (χ3v) is 1.42. The number of hydrogen-bond acceptors (Lipinski definition) is 1. The monoisotopic (exact) mass is 124 g/mol. The molecule has 0 saturated carbocycles. The van der Waals surface area contributed by atoms with E-state index in [0.29, 0.717) is 0 Å². The van der Waals surface area contributed by atoms with Gasteiger partial charge in [0.25, 0.3) is 0 Å². The molecule has 0 radical (unpaired) electrons. The molecule has 0 amide bonds.